The second-order valence-electron chi connectivity index (χ2n) is 2.56. The van der Waals surface area contributed by atoms with Crippen LogP contribution in [-0.2, 0) is 0 Å². The topological polar surface area (TPSA) is 12.9 Å². The summed E-state index contributed by atoms with van der Waals surface area (Å²) in [7, 11) is 0. The summed E-state index contributed by atoms with van der Waals surface area (Å²) in [6.45, 7) is 8.27. The number of hydrogen-bond donors (Lipinski definition) is 0. The lowest BCUT2D eigenvalue weighted by Crippen LogP contribution is -1.89. The highest BCUT2D eigenvalue weighted by Gasteiger charge is 1.97. The fraction of sp³-hybridized carbons (Fsp3) is 0.500. The second kappa shape index (κ2) is 6.18. The first kappa shape index (κ1) is 11.6. The summed E-state index contributed by atoms with van der Waals surface area (Å²) in [4.78, 5) is 4.23. The van der Waals surface area contributed by atoms with Crippen LogP contribution < -0.4 is 0 Å². The van der Waals surface area contributed by atoms with E-state index in [-0.39, 0.29) is 0 Å². The van der Waals surface area contributed by atoms with Crippen LogP contribution in [0.1, 0.15) is 39.3 Å². The van der Waals surface area contributed by atoms with Gasteiger partial charge in [0.1, 0.15) is 0 Å². The van der Waals surface area contributed by atoms with E-state index in [1.54, 1.807) is 0 Å². The zero-order chi connectivity index (χ0) is 9.56. The van der Waals surface area contributed by atoms with Crippen LogP contribution >= 0.6 is 15.9 Å². The third-order valence-corrected chi connectivity index (χ3v) is 1.81. The molecule has 1 heterocycles. The predicted molar refractivity (Wildman–Crippen MR) is 57.4 cm³/mol. The molecule has 0 aliphatic heterocycles. The van der Waals surface area contributed by atoms with E-state index in [1.807, 2.05) is 32.2 Å². The Bertz CT molecular complexity index is 204. The number of pyridine rings is 1. The van der Waals surface area contributed by atoms with Gasteiger partial charge in [-0.25, -0.2) is 0 Å². The van der Waals surface area contributed by atoms with Crippen molar-refractivity contribution in [2.75, 3.05) is 0 Å². The molecule has 0 unspecified atom stereocenters. The Balaban J connectivity index is 0.000000561. The normalized spacial score (nSPS) is 9.17. The maximum Gasteiger partial charge on any atom is 0.0429 e. The third kappa shape index (κ3) is 3.86. The lowest BCUT2D eigenvalue weighted by Gasteiger charge is -2.01. The Morgan fingerprint density at radius 3 is 2.17 bits per heavy atom. The first-order chi connectivity index (χ1) is 5.70. The van der Waals surface area contributed by atoms with Crippen LogP contribution in [0.4, 0.5) is 0 Å². The minimum Gasteiger partial charge on any atom is -0.260 e. The zero-order valence-electron chi connectivity index (χ0n) is 8.13. The largest absolute Gasteiger partial charge is 0.260 e. The van der Waals surface area contributed by atoms with E-state index in [0.717, 1.165) is 10.2 Å². The Morgan fingerprint density at radius 1 is 1.25 bits per heavy atom. The highest BCUT2D eigenvalue weighted by atomic mass is 79.9. The van der Waals surface area contributed by atoms with Gasteiger partial charge in [0, 0.05) is 16.4 Å². The molecule has 0 N–H and O–H groups in total. The van der Waals surface area contributed by atoms with Crippen molar-refractivity contribution in [1.82, 2.24) is 4.98 Å². The average Bonchev–Trinajstić information content (AvgIpc) is 2.09. The maximum absolute atomic E-state index is 4.23. The molecule has 0 radical (unpaired) electrons. The van der Waals surface area contributed by atoms with Crippen LogP contribution in [0.5, 0.6) is 0 Å². The number of aromatic nitrogens is 1. The monoisotopic (exact) mass is 229 g/mol. The Hall–Kier alpha value is -0.370. The molecule has 12 heavy (non-hydrogen) atoms. The molecular weight excluding hydrogens is 214 g/mol. The molecule has 0 aromatic carbocycles. The lowest BCUT2D eigenvalue weighted by atomic mass is 10.1. The Morgan fingerprint density at radius 2 is 1.83 bits per heavy atom. The highest BCUT2D eigenvalue weighted by Crippen LogP contribution is 2.13. The van der Waals surface area contributed by atoms with Crippen LogP contribution in [-0.4, -0.2) is 4.98 Å². The fourth-order valence-corrected chi connectivity index (χ4v) is 0.963. The van der Waals surface area contributed by atoms with Gasteiger partial charge in [-0.3, -0.25) is 4.98 Å². The van der Waals surface area contributed by atoms with Gasteiger partial charge in [0.15, 0.2) is 0 Å². The summed E-state index contributed by atoms with van der Waals surface area (Å²) in [6, 6.07) is 4.05. The smallest absolute Gasteiger partial charge is 0.0429 e. The average molecular weight is 230 g/mol. The van der Waals surface area contributed by atoms with Gasteiger partial charge in [-0.05, 0) is 34.0 Å². The molecule has 0 saturated carbocycles. The molecule has 1 nitrogen and oxygen atoms in total. The molecule has 68 valence electrons. The summed E-state index contributed by atoms with van der Waals surface area (Å²) in [5, 5.41) is 0. The second-order valence-corrected chi connectivity index (χ2v) is 3.47. The number of nitrogens with zero attached hydrogens (tertiary/aromatic N) is 1. The first-order valence-corrected chi connectivity index (χ1v) is 5.11. The van der Waals surface area contributed by atoms with Gasteiger partial charge in [-0.1, -0.05) is 27.7 Å². The van der Waals surface area contributed by atoms with Crippen molar-refractivity contribution in [1.29, 1.82) is 0 Å². The van der Waals surface area contributed by atoms with Crippen molar-refractivity contribution in [3.8, 4) is 0 Å². The molecular formula is C10H16BrN. The van der Waals surface area contributed by atoms with Gasteiger partial charge in [-0.2, -0.15) is 0 Å². The molecule has 0 amide bonds. The SMILES string of the molecule is CC.CC(C)c1ccc(Br)cn1. The van der Waals surface area contributed by atoms with E-state index in [9.17, 15) is 0 Å². The minimum atomic E-state index is 0.521. The zero-order valence-corrected chi connectivity index (χ0v) is 9.72. The van der Waals surface area contributed by atoms with Gasteiger partial charge < -0.3 is 0 Å². The van der Waals surface area contributed by atoms with Gasteiger partial charge in [-0.15, -0.1) is 0 Å². The Kier molecular flexibility index (Phi) is 5.99. The van der Waals surface area contributed by atoms with Crippen LogP contribution in [0.3, 0.4) is 0 Å². The van der Waals surface area contributed by atoms with E-state index in [2.05, 4.69) is 34.8 Å². The maximum atomic E-state index is 4.23. The van der Waals surface area contributed by atoms with Crippen molar-refractivity contribution in [3.63, 3.8) is 0 Å². The first-order valence-electron chi connectivity index (χ1n) is 4.31. The van der Waals surface area contributed by atoms with Crippen LogP contribution in [0, 0.1) is 0 Å². The van der Waals surface area contributed by atoms with E-state index < -0.39 is 0 Å². The van der Waals surface area contributed by atoms with E-state index in [1.165, 1.54) is 0 Å². The number of rotatable bonds is 1. The summed E-state index contributed by atoms with van der Waals surface area (Å²) < 4.78 is 1.04. The van der Waals surface area contributed by atoms with Crippen LogP contribution in [0.15, 0.2) is 22.8 Å². The summed E-state index contributed by atoms with van der Waals surface area (Å²) in [6.07, 6.45) is 1.83. The van der Waals surface area contributed by atoms with E-state index >= 15 is 0 Å². The summed E-state index contributed by atoms with van der Waals surface area (Å²) >= 11 is 3.33. The summed E-state index contributed by atoms with van der Waals surface area (Å²) in [5.41, 5.74) is 1.14. The quantitative estimate of drug-likeness (QED) is 0.710. The standard InChI is InChI=1S/C8H10BrN.C2H6/c1-6(2)8-4-3-7(9)5-10-8;1-2/h3-6H,1-2H3;1-2H3. The highest BCUT2D eigenvalue weighted by molar-refractivity contribution is 9.10. The van der Waals surface area contributed by atoms with Gasteiger partial charge >= 0.3 is 0 Å². The molecule has 1 aromatic rings. The molecule has 1 rings (SSSR count). The van der Waals surface area contributed by atoms with E-state index in [4.69, 9.17) is 0 Å². The van der Waals surface area contributed by atoms with Crippen LogP contribution in [0.2, 0.25) is 0 Å². The third-order valence-electron chi connectivity index (χ3n) is 1.34. The van der Waals surface area contributed by atoms with Crippen molar-refractivity contribution in [3.05, 3.63) is 28.5 Å². The minimum absolute atomic E-state index is 0.521. The molecule has 0 atom stereocenters. The lowest BCUT2D eigenvalue weighted by molar-refractivity contribution is 0.822. The molecule has 0 fully saturated rings. The molecule has 2 heteroatoms. The Labute approximate surface area is 83.3 Å². The molecule has 0 aliphatic rings. The van der Waals surface area contributed by atoms with E-state index in [0.29, 0.717) is 5.92 Å². The molecule has 1 aromatic heterocycles. The number of halogens is 1. The van der Waals surface area contributed by atoms with Crippen molar-refractivity contribution in [2.24, 2.45) is 0 Å². The van der Waals surface area contributed by atoms with Crippen molar-refractivity contribution >= 4 is 15.9 Å². The van der Waals surface area contributed by atoms with Gasteiger partial charge in [0.05, 0.1) is 0 Å². The van der Waals surface area contributed by atoms with Crippen molar-refractivity contribution in [2.45, 2.75) is 33.6 Å². The molecule has 0 aliphatic carbocycles. The molecule has 0 saturated heterocycles. The molecule has 0 spiro atoms. The van der Waals surface area contributed by atoms with Crippen molar-refractivity contribution < 1.29 is 0 Å². The fourth-order valence-electron chi connectivity index (χ4n) is 0.729. The van der Waals surface area contributed by atoms with Crippen LogP contribution in [0.25, 0.3) is 0 Å². The summed E-state index contributed by atoms with van der Waals surface area (Å²) in [5.74, 6) is 0.521. The molecule has 0 bridgehead atoms. The number of hydrogen-bond acceptors (Lipinski definition) is 1. The van der Waals surface area contributed by atoms with Gasteiger partial charge in [0.25, 0.3) is 0 Å². The predicted octanol–water partition coefficient (Wildman–Crippen LogP) is 3.99. The van der Waals surface area contributed by atoms with Gasteiger partial charge in [0.2, 0.25) is 0 Å².